The van der Waals surface area contributed by atoms with E-state index in [2.05, 4.69) is 10.1 Å². The molecule has 0 aliphatic carbocycles. The highest BCUT2D eigenvalue weighted by atomic mass is 16.6. The van der Waals surface area contributed by atoms with Crippen LogP contribution in [0.5, 0.6) is 0 Å². The molecule has 0 radical (unpaired) electrons. The van der Waals surface area contributed by atoms with Crippen molar-refractivity contribution >= 4 is 5.69 Å². The molecule has 7 heteroatoms. The maximum absolute atomic E-state index is 10.7. The third-order valence-corrected chi connectivity index (χ3v) is 2.76. The lowest BCUT2D eigenvalue weighted by atomic mass is 10.1. The lowest BCUT2D eigenvalue weighted by molar-refractivity contribution is -0.384. The first kappa shape index (κ1) is 13.2. The summed E-state index contributed by atoms with van der Waals surface area (Å²) in [5.74, 6) is 0.796. The van der Waals surface area contributed by atoms with Gasteiger partial charge in [-0.1, -0.05) is 31.1 Å². The maximum Gasteiger partial charge on any atom is 0.270 e. The molecule has 0 saturated carbocycles. The van der Waals surface area contributed by atoms with Gasteiger partial charge in [-0.15, -0.1) is 0 Å². The van der Waals surface area contributed by atoms with Gasteiger partial charge < -0.3 is 10.3 Å². The quantitative estimate of drug-likeness (QED) is 0.669. The van der Waals surface area contributed by atoms with Crippen LogP contribution < -0.4 is 5.73 Å². The van der Waals surface area contributed by atoms with E-state index in [9.17, 15) is 10.1 Å². The predicted molar refractivity (Wildman–Crippen MR) is 68.2 cm³/mol. The Balaban J connectivity index is 2.33. The number of nitro groups is 1. The Hall–Kier alpha value is -2.28. The van der Waals surface area contributed by atoms with E-state index in [-0.39, 0.29) is 17.6 Å². The van der Waals surface area contributed by atoms with Crippen LogP contribution in [0.2, 0.25) is 0 Å². The van der Waals surface area contributed by atoms with Crippen molar-refractivity contribution in [1.29, 1.82) is 0 Å². The molecular weight excluding hydrogens is 248 g/mol. The first-order chi connectivity index (χ1) is 8.99. The van der Waals surface area contributed by atoms with E-state index in [1.54, 1.807) is 12.1 Å². The number of nitro benzene ring substituents is 1. The van der Waals surface area contributed by atoms with Crippen molar-refractivity contribution in [2.24, 2.45) is 11.7 Å². The minimum atomic E-state index is -0.468. The summed E-state index contributed by atoms with van der Waals surface area (Å²) in [5, 5.41) is 14.5. The number of benzene rings is 1. The molecule has 2 aromatic rings. The van der Waals surface area contributed by atoms with Gasteiger partial charge in [-0.05, 0) is 5.92 Å². The monoisotopic (exact) mass is 262 g/mol. The van der Waals surface area contributed by atoms with Gasteiger partial charge in [0.2, 0.25) is 11.7 Å². The summed E-state index contributed by atoms with van der Waals surface area (Å²) in [5.41, 5.74) is 6.41. The molecule has 0 fully saturated rings. The molecule has 2 rings (SSSR count). The zero-order valence-corrected chi connectivity index (χ0v) is 10.6. The molecule has 1 aromatic carbocycles. The lowest BCUT2D eigenvalue weighted by Crippen LogP contribution is -2.16. The van der Waals surface area contributed by atoms with Crippen LogP contribution in [-0.4, -0.2) is 15.1 Å². The molecule has 0 aliphatic heterocycles. The lowest BCUT2D eigenvalue weighted by Gasteiger charge is -2.09. The van der Waals surface area contributed by atoms with Gasteiger partial charge in [0.1, 0.15) is 0 Å². The Morgan fingerprint density at radius 2 is 2.16 bits per heavy atom. The summed E-state index contributed by atoms with van der Waals surface area (Å²) >= 11 is 0. The summed E-state index contributed by atoms with van der Waals surface area (Å²) in [6.07, 6.45) is 0. The first-order valence-corrected chi connectivity index (χ1v) is 5.83. The molecule has 7 nitrogen and oxygen atoms in total. The maximum atomic E-state index is 10.7. The van der Waals surface area contributed by atoms with Crippen molar-refractivity contribution < 1.29 is 9.45 Å². The molecule has 1 unspecified atom stereocenters. The fourth-order valence-corrected chi connectivity index (χ4v) is 1.53. The van der Waals surface area contributed by atoms with E-state index in [4.69, 9.17) is 10.3 Å². The topological polar surface area (TPSA) is 108 Å². The van der Waals surface area contributed by atoms with E-state index in [1.165, 1.54) is 12.1 Å². The van der Waals surface area contributed by atoms with E-state index < -0.39 is 4.92 Å². The number of aromatic nitrogens is 2. The number of nitrogens with two attached hydrogens (primary N) is 1. The van der Waals surface area contributed by atoms with Gasteiger partial charge in [0.15, 0.2) is 0 Å². The fourth-order valence-electron chi connectivity index (χ4n) is 1.53. The van der Waals surface area contributed by atoms with Crippen molar-refractivity contribution in [3.05, 3.63) is 40.3 Å². The van der Waals surface area contributed by atoms with Crippen LogP contribution in [0.3, 0.4) is 0 Å². The number of hydrogen-bond acceptors (Lipinski definition) is 6. The van der Waals surface area contributed by atoms with Crippen molar-refractivity contribution in [3.8, 4) is 11.4 Å². The van der Waals surface area contributed by atoms with Crippen molar-refractivity contribution in [2.75, 3.05) is 0 Å². The van der Waals surface area contributed by atoms with Gasteiger partial charge in [-0.3, -0.25) is 10.1 Å². The van der Waals surface area contributed by atoms with E-state index in [0.717, 1.165) is 0 Å². The van der Waals surface area contributed by atoms with Crippen LogP contribution in [0.4, 0.5) is 5.69 Å². The largest absolute Gasteiger partial charge is 0.337 e. The molecule has 0 spiro atoms. The minimum absolute atomic E-state index is 0.0167. The average Bonchev–Trinajstić information content (AvgIpc) is 2.87. The Morgan fingerprint density at radius 3 is 2.79 bits per heavy atom. The normalized spacial score (nSPS) is 12.6. The second-order valence-electron chi connectivity index (χ2n) is 4.53. The number of rotatable bonds is 4. The van der Waals surface area contributed by atoms with E-state index >= 15 is 0 Å². The Bertz CT molecular complexity index is 594. The highest BCUT2D eigenvalue weighted by Crippen LogP contribution is 2.24. The van der Waals surface area contributed by atoms with Crippen molar-refractivity contribution in [1.82, 2.24) is 10.1 Å². The summed E-state index contributed by atoms with van der Waals surface area (Å²) < 4.78 is 5.09. The van der Waals surface area contributed by atoms with Crippen LogP contribution in [0.25, 0.3) is 11.4 Å². The standard InChI is InChI=1S/C12H14N4O3/c1-7(2)10(13)12-14-11(15-19-12)8-4-3-5-9(6-8)16(17)18/h3-7,10H,13H2,1-2H3. The van der Waals surface area contributed by atoms with Crippen molar-refractivity contribution in [2.45, 2.75) is 19.9 Å². The van der Waals surface area contributed by atoms with Gasteiger partial charge in [0, 0.05) is 17.7 Å². The predicted octanol–water partition coefficient (Wildman–Crippen LogP) is 2.30. The molecule has 0 saturated heterocycles. The van der Waals surface area contributed by atoms with Crippen LogP contribution in [-0.2, 0) is 0 Å². The highest BCUT2D eigenvalue weighted by molar-refractivity contribution is 5.58. The average molecular weight is 262 g/mol. The summed E-state index contributed by atoms with van der Waals surface area (Å²) in [7, 11) is 0. The molecule has 1 atom stereocenters. The number of hydrogen-bond donors (Lipinski definition) is 1. The summed E-state index contributed by atoms with van der Waals surface area (Å²) in [6, 6.07) is 5.72. The molecular formula is C12H14N4O3. The molecule has 19 heavy (non-hydrogen) atoms. The zero-order valence-electron chi connectivity index (χ0n) is 10.6. The molecule has 100 valence electrons. The second-order valence-corrected chi connectivity index (χ2v) is 4.53. The fraction of sp³-hybridized carbons (Fsp3) is 0.333. The third kappa shape index (κ3) is 2.76. The van der Waals surface area contributed by atoms with Crippen LogP contribution >= 0.6 is 0 Å². The molecule has 0 amide bonds. The van der Waals surface area contributed by atoms with Crippen molar-refractivity contribution in [3.63, 3.8) is 0 Å². The van der Waals surface area contributed by atoms with Crippen LogP contribution in [0, 0.1) is 16.0 Å². The molecule has 2 N–H and O–H groups in total. The minimum Gasteiger partial charge on any atom is -0.337 e. The molecule has 0 bridgehead atoms. The van der Waals surface area contributed by atoms with E-state index in [0.29, 0.717) is 17.3 Å². The van der Waals surface area contributed by atoms with Gasteiger partial charge >= 0.3 is 0 Å². The summed E-state index contributed by atoms with van der Waals surface area (Å²) in [4.78, 5) is 14.4. The van der Waals surface area contributed by atoms with Crippen LogP contribution in [0.15, 0.2) is 28.8 Å². The first-order valence-electron chi connectivity index (χ1n) is 5.83. The molecule has 1 aromatic heterocycles. The number of nitrogens with zero attached hydrogens (tertiary/aromatic N) is 3. The SMILES string of the molecule is CC(C)C(N)c1nc(-c2cccc([N+](=O)[O-])c2)no1. The van der Waals surface area contributed by atoms with Crippen LogP contribution in [0.1, 0.15) is 25.8 Å². The third-order valence-electron chi connectivity index (χ3n) is 2.76. The van der Waals surface area contributed by atoms with E-state index in [1.807, 2.05) is 13.8 Å². The Kier molecular flexibility index (Phi) is 3.57. The zero-order chi connectivity index (χ0) is 14.0. The smallest absolute Gasteiger partial charge is 0.270 e. The number of non-ortho nitro benzene ring substituents is 1. The Labute approximate surface area is 109 Å². The van der Waals surface area contributed by atoms with Gasteiger partial charge in [-0.2, -0.15) is 4.98 Å². The Morgan fingerprint density at radius 1 is 1.42 bits per heavy atom. The molecule has 0 aliphatic rings. The second kappa shape index (κ2) is 5.15. The van der Waals surface area contributed by atoms with Gasteiger partial charge in [-0.25, -0.2) is 0 Å². The van der Waals surface area contributed by atoms with Gasteiger partial charge in [0.25, 0.3) is 5.69 Å². The van der Waals surface area contributed by atoms with Gasteiger partial charge in [0.05, 0.1) is 11.0 Å². The highest BCUT2D eigenvalue weighted by Gasteiger charge is 2.19. The summed E-state index contributed by atoms with van der Waals surface area (Å²) in [6.45, 7) is 3.89. The molecule has 1 heterocycles.